The van der Waals surface area contributed by atoms with Gasteiger partial charge in [-0.05, 0) is 31.2 Å². The van der Waals surface area contributed by atoms with Gasteiger partial charge in [-0.25, -0.2) is 4.79 Å². The van der Waals surface area contributed by atoms with E-state index in [2.05, 4.69) is 15.2 Å². The zero-order chi connectivity index (χ0) is 22.1. The first-order chi connectivity index (χ1) is 14.1. The summed E-state index contributed by atoms with van der Waals surface area (Å²) in [5.41, 5.74) is -0.760. The van der Waals surface area contributed by atoms with Crippen LogP contribution in [0.5, 0.6) is 5.75 Å². The third-order valence-corrected chi connectivity index (χ3v) is 4.62. The standard InChI is InChI=1S/C18H14F3N3O5S/c1-3-28-17(27)14-12-8-30-15(22-9(2)25)13(12)16(26)24(23-14)10-4-6-11(7-5-10)29-18(19,20)21/h4-8H,3H2,1-2H3,(H,22,25). The van der Waals surface area contributed by atoms with E-state index in [1.165, 1.54) is 24.4 Å². The molecular weight excluding hydrogens is 427 g/mol. The number of nitrogens with one attached hydrogen (secondary N) is 1. The molecule has 0 aliphatic carbocycles. The summed E-state index contributed by atoms with van der Waals surface area (Å²) >= 11 is 1.03. The number of nitrogens with zero attached hydrogens (tertiary/aromatic N) is 2. The number of thiophene rings is 1. The largest absolute Gasteiger partial charge is 0.573 e. The van der Waals surface area contributed by atoms with Gasteiger partial charge in [0.05, 0.1) is 17.7 Å². The van der Waals surface area contributed by atoms with Crippen molar-refractivity contribution in [2.75, 3.05) is 11.9 Å². The maximum Gasteiger partial charge on any atom is 0.573 e. The van der Waals surface area contributed by atoms with E-state index < -0.39 is 29.5 Å². The molecule has 0 unspecified atom stereocenters. The number of amides is 1. The van der Waals surface area contributed by atoms with Gasteiger partial charge in [-0.15, -0.1) is 24.5 Å². The first-order valence-electron chi connectivity index (χ1n) is 8.46. The fourth-order valence-electron chi connectivity index (χ4n) is 2.62. The highest BCUT2D eigenvalue weighted by Crippen LogP contribution is 2.31. The van der Waals surface area contributed by atoms with E-state index in [4.69, 9.17) is 4.74 Å². The Morgan fingerprint density at radius 3 is 2.47 bits per heavy atom. The van der Waals surface area contributed by atoms with E-state index in [1.807, 2.05) is 0 Å². The van der Waals surface area contributed by atoms with Gasteiger partial charge in [0.15, 0.2) is 5.69 Å². The summed E-state index contributed by atoms with van der Waals surface area (Å²) in [6.07, 6.45) is -4.86. The van der Waals surface area contributed by atoms with Crippen LogP contribution in [0.4, 0.5) is 18.2 Å². The van der Waals surface area contributed by atoms with Crippen LogP contribution in [0.2, 0.25) is 0 Å². The third-order valence-electron chi connectivity index (χ3n) is 3.73. The molecule has 3 aromatic rings. The topological polar surface area (TPSA) is 99.5 Å². The molecule has 8 nitrogen and oxygen atoms in total. The lowest BCUT2D eigenvalue weighted by atomic mass is 10.2. The lowest BCUT2D eigenvalue weighted by molar-refractivity contribution is -0.274. The Bertz CT molecular complexity index is 1170. The van der Waals surface area contributed by atoms with Crippen molar-refractivity contribution in [1.82, 2.24) is 9.78 Å². The highest BCUT2D eigenvalue weighted by Gasteiger charge is 2.31. The molecule has 0 aliphatic rings. The molecule has 0 fully saturated rings. The lowest BCUT2D eigenvalue weighted by Crippen LogP contribution is -2.25. The van der Waals surface area contributed by atoms with Crippen LogP contribution in [0.25, 0.3) is 16.5 Å². The van der Waals surface area contributed by atoms with Crippen LogP contribution < -0.4 is 15.6 Å². The fraction of sp³-hybridized carbons (Fsp3) is 0.222. The molecule has 1 N–H and O–H groups in total. The number of hydrogen-bond donors (Lipinski definition) is 1. The monoisotopic (exact) mass is 441 g/mol. The van der Waals surface area contributed by atoms with Crippen molar-refractivity contribution >= 4 is 39.0 Å². The molecule has 1 amide bonds. The van der Waals surface area contributed by atoms with Crippen LogP contribution in [0.15, 0.2) is 34.4 Å². The van der Waals surface area contributed by atoms with Crippen molar-refractivity contribution in [1.29, 1.82) is 0 Å². The van der Waals surface area contributed by atoms with Crippen LogP contribution in [0.1, 0.15) is 24.3 Å². The molecule has 1 aromatic carbocycles. The molecule has 2 heterocycles. The molecule has 158 valence electrons. The number of esters is 1. The number of hydrogen-bond acceptors (Lipinski definition) is 7. The Kier molecular flexibility index (Phi) is 5.78. The van der Waals surface area contributed by atoms with Crippen LogP contribution in [0.3, 0.4) is 0 Å². The number of ether oxygens (including phenoxy) is 2. The average Bonchev–Trinajstić information content (AvgIpc) is 3.05. The summed E-state index contributed by atoms with van der Waals surface area (Å²) in [5.74, 6) is -1.70. The van der Waals surface area contributed by atoms with Gasteiger partial charge >= 0.3 is 12.3 Å². The molecule has 0 radical (unpaired) electrons. The second-order valence-corrected chi connectivity index (χ2v) is 6.74. The molecule has 0 saturated heterocycles. The van der Waals surface area contributed by atoms with Gasteiger partial charge in [0.2, 0.25) is 5.91 Å². The fourth-order valence-corrected chi connectivity index (χ4v) is 3.60. The number of rotatable bonds is 5. The second-order valence-electron chi connectivity index (χ2n) is 5.86. The summed E-state index contributed by atoms with van der Waals surface area (Å²) in [4.78, 5) is 36.9. The van der Waals surface area contributed by atoms with Crippen LogP contribution in [-0.4, -0.2) is 34.6 Å². The van der Waals surface area contributed by atoms with Gasteiger partial charge in [-0.3, -0.25) is 9.59 Å². The van der Waals surface area contributed by atoms with E-state index in [0.717, 1.165) is 28.2 Å². The van der Waals surface area contributed by atoms with Crippen molar-refractivity contribution in [2.24, 2.45) is 0 Å². The summed E-state index contributed by atoms with van der Waals surface area (Å²) in [7, 11) is 0. The lowest BCUT2D eigenvalue weighted by Gasteiger charge is -2.11. The first kappa shape index (κ1) is 21.3. The average molecular weight is 441 g/mol. The number of aromatic nitrogens is 2. The molecule has 0 bridgehead atoms. The third kappa shape index (κ3) is 4.43. The molecular formula is C18H14F3N3O5S. The van der Waals surface area contributed by atoms with Gasteiger partial charge < -0.3 is 14.8 Å². The maximum absolute atomic E-state index is 13.0. The Balaban J connectivity index is 2.18. The van der Waals surface area contributed by atoms with Crippen molar-refractivity contribution in [2.45, 2.75) is 20.2 Å². The summed E-state index contributed by atoms with van der Waals surface area (Å²) in [6, 6.07) is 4.38. The molecule has 0 saturated carbocycles. The van der Waals surface area contributed by atoms with Gasteiger partial charge in [-0.1, -0.05) is 0 Å². The molecule has 30 heavy (non-hydrogen) atoms. The predicted molar refractivity (Wildman–Crippen MR) is 102 cm³/mol. The van der Waals surface area contributed by atoms with E-state index in [1.54, 1.807) is 6.92 Å². The van der Waals surface area contributed by atoms with E-state index in [0.29, 0.717) is 0 Å². The zero-order valence-corrected chi connectivity index (χ0v) is 16.4. The number of fused-ring (bicyclic) bond motifs is 1. The summed E-state index contributed by atoms with van der Waals surface area (Å²) < 4.78 is 46.7. The van der Waals surface area contributed by atoms with Crippen LogP contribution in [-0.2, 0) is 9.53 Å². The van der Waals surface area contributed by atoms with E-state index in [9.17, 15) is 27.6 Å². The van der Waals surface area contributed by atoms with Crippen LogP contribution >= 0.6 is 11.3 Å². The van der Waals surface area contributed by atoms with E-state index in [-0.39, 0.29) is 33.8 Å². The number of benzene rings is 1. The van der Waals surface area contributed by atoms with Crippen molar-refractivity contribution in [3.8, 4) is 11.4 Å². The number of carbonyl (C=O) groups is 2. The Labute approximate surface area is 170 Å². The Morgan fingerprint density at radius 2 is 1.90 bits per heavy atom. The smallest absolute Gasteiger partial charge is 0.461 e. The summed E-state index contributed by atoms with van der Waals surface area (Å²) in [5, 5.41) is 8.50. The highest BCUT2D eigenvalue weighted by molar-refractivity contribution is 7.16. The van der Waals surface area contributed by atoms with Gasteiger partial charge in [0.1, 0.15) is 10.8 Å². The predicted octanol–water partition coefficient (Wildman–Crippen LogP) is 3.48. The summed E-state index contributed by atoms with van der Waals surface area (Å²) in [6.45, 7) is 2.92. The molecule has 12 heteroatoms. The minimum Gasteiger partial charge on any atom is -0.461 e. The van der Waals surface area contributed by atoms with Gasteiger partial charge in [-0.2, -0.15) is 9.78 Å². The van der Waals surface area contributed by atoms with Crippen molar-refractivity contribution < 1.29 is 32.2 Å². The minimum absolute atomic E-state index is 0.0314. The Morgan fingerprint density at radius 1 is 1.23 bits per heavy atom. The van der Waals surface area contributed by atoms with E-state index >= 15 is 0 Å². The first-order valence-corrected chi connectivity index (χ1v) is 9.34. The SMILES string of the molecule is CCOC(=O)c1nn(-c2ccc(OC(F)(F)F)cc2)c(=O)c2c(NC(C)=O)scc12. The van der Waals surface area contributed by atoms with Gasteiger partial charge in [0, 0.05) is 17.7 Å². The quantitative estimate of drug-likeness (QED) is 0.609. The van der Waals surface area contributed by atoms with Crippen molar-refractivity contribution in [3.05, 3.63) is 45.7 Å². The molecule has 0 atom stereocenters. The number of alkyl halides is 3. The maximum atomic E-state index is 13.0. The molecule has 0 spiro atoms. The van der Waals surface area contributed by atoms with Crippen LogP contribution in [0, 0.1) is 0 Å². The number of anilines is 1. The highest BCUT2D eigenvalue weighted by atomic mass is 32.1. The zero-order valence-electron chi connectivity index (χ0n) is 15.6. The number of halogens is 3. The minimum atomic E-state index is -4.86. The second kappa shape index (κ2) is 8.14. The molecule has 2 aromatic heterocycles. The number of carbonyl (C=O) groups excluding carboxylic acids is 2. The van der Waals surface area contributed by atoms with Gasteiger partial charge in [0.25, 0.3) is 5.56 Å². The molecule has 0 aliphatic heterocycles. The van der Waals surface area contributed by atoms with Crippen molar-refractivity contribution in [3.63, 3.8) is 0 Å². The molecule has 3 rings (SSSR count). The Hall–Kier alpha value is -3.41. The normalized spacial score (nSPS) is 11.4.